The molecule has 2 heterocycles. The maximum absolute atomic E-state index is 12.2. The number of aryl methyl sites for hydroxylation is 3. The third-order valence-electron chi connectivity index (χ3n) is 4.23. The van der Waals surface area contributed by atoms with Gasteiger partial charge in [0.15, 0.2) is 5.13 Å². The van der Waals surface area contributed by atoms with E-state index in [-0.39, 0.29) is 11.8 Å². The van der Waals surface area contributed by atoms with Gasteiger partial charge in [-0.15, -0.1) is 11.3 Å². The standard InChI is InChI=1S/C20H20N4O3S/c1-12-5-6-17(9-13(12)2)24(15(4)25)20-22-16(11-28-20)10-21-23-19(26)18-7-8-27-14(18)3/h5-11H,1-4H3,(H,23,26)/b21-10-. The summed E-state index contributed by atoms with van der Waals surface area (Å²) in [5, 5.41) is 6.23. The van der Waals surface area contributed by atoms with Gasteiger partial charge in [0.25, 0.3) is 5.91 Å². The summed E-state index contributed by atoms with van der Waals surface area (Å²) in [6, 6.07) is 7.41. The molecule has 3 rings (SSSR count). The highest BCUT2D eigenvalue weighted by Gasteiger charge is 2.18. The van der Waals surface area contributed by atoms with Crippen LogP contribution in [0.2, 0.25) is 0 Å². The normalized spacial score (nSPS) is 11.0. The van der Waals surface area contributed by atoms with E-state index >= 15 is 0 Å². The van der Waals surface area contributed by atoms with Crippen LogP contribution in [0, 0.1) is 20.8 Å². The smallest absolute Gasteiger partial charge is 0.274 e. The van der Waals surface area contributed by atoms with Crippen LogP contribution >= 0.6 is 11.3 Å². The molecule has 2 aromatic heterocycles. The Morgan fingerprint density at radius 3 is 2.64 bits per heavy atom. The van der Waals surface area contributed by atoms with Gasteiger partial charge in [0.1, 0.15) is 5.76 Å². The number of thiazole rings is 1. The maximum Gasteiger partial charge on any atom is 0.274 e. The molecule has 0 saturated heterocycles. The third-order valence-corrected chi connectivity index (χ3v) is 5.08. The summed E-state index contributed by atoms with van der Waals surface area (Å²) in [6.07, 6.45) is 2.88. The molecule has 7 nitrogen and oxygen atoms in total. The van der Waals surface area contributed by atoms with Crippen molar-refractivity contribution in [1.29, 1.82) is 0 Å². The van der Waals surface area contributed by atoms with Gasteiger partial charge in [-0.3, -0.25) is 14.5 Å². The second kappa shape index (κ2) is 8.18. The number of hydrazone groups is 1. The number of carbonyl (C=O) groups is 2. The van der Waals surface area contributed by atoms with Gasteiger partial charge in [0.2, 0.25) is 5.91 Å². The molecule has 0 aliphatic carbocycles. The number of nitrogens with one attached hydrogen (secondary N) is 1. The molecule has 0 bridgehead atoms. The van der Waals surface area contributed by atoms with Crippen molar-refractivity contribution in [3.63, 3.8) is 0 Å². The summed E-state index contributed by atoms with van der Waals surface area (Å²) >= 11 is 1.32. The van der Waals surface area contributed by atoms with Crippen LogP contribution in [-0.2, 0) is 4.79 Å². The molecule has 0 radical (unpaired) electrons. The number of benzene rings is 1. The van der Waals surface area contributed by atoms with Gasteiger partial charge in [0, 0.05) is 12.3 Å². The van der Waals surface area contributed by atoms with Gasteiger partial charge < -0.3 is 4.42 Å². The van der Waals surface area contributed by atoms with Crippen molar-refractivity contribution >= 4 is 40.2 Å². The highest BCUT2D eigenvalue weighted by atomic mass is 32.1. The molecular weight excluding hydrogens is 376 g/mol. The molecule has 0 aliphatic heterocycles. The molecular formula is C20H20N4O3S. The lowest BCUT2D eigenvalue weighted by Crippen LogP contribution is -2.22. The summed E-state index contributed by atoms with van der Waals surface area (Å²) in [5.74, 6) is 0.0254. The number of carbonyl (C=O) groups excluding carboxylic acids is 2. The van der Waals surface area contributed by atoms with E-state index in [1.54, 1.807) is 23.3 Å². The van der Waals surface area contributed by atoms with Crippen molar-refractivity contribution in [2.24, 2.45) is 5.10 Å². The molecule has 1 N–H and O–H groups in total. The molecule has 0 fully saturated rings. The van der Waals surface area contributed by atoms with E-state index in [0.29, 0.717) is 22.1 Å². The summed E-state index contributed by atoms with van der Waals surface area (Å²) in [6.45, 7) is 7.22. The Labute approximate surface area is 166 Å². The molecule has 3 aromatic rings. The molecule has 8 heteroatoms. The lowest BCUT2D eigenvalue weighted by molar-refractivity contribution is -0.115. The van der Waals surface area contributed by atoms with Crippen LogP contribution in [0.25, 0.3) is 0 Å². The van der Waals surface area contributed by atoms with Crippen LogP contribution in [0.15, 0.2) is 45.4 Å². The van der Waals surface area contributed by atoms with Gasteiger partial charge in [-0.05, 0) is 50.1 Å². The second-order valence-electron chi connectivity index (χ2n) is 6.27. The molecule has 0 aliphatic rings. The molecule has 144 valence electrons. The number of nitrogens with zero attached hydrogens (tertiary/aromatic N) is 3. The lowest BCUT2D eigenvalue weighted by Gasteiger charge is -2.19. The van der Waals surface area contributed by atoms with Crippen LogP contribution in [0.3, 0.4) is 0 Å². The Hall–Kier alpha value is -3.26. The maximum atomic E-state index is 12.2. The Balaban J connectivity index is 1.75. The number of rotatable bonds is 5. The third kappa shape index (κ3) is 4.17. The van der Waals surface area contributed by atoms with E-state index in [9.17, 15) is 9.59 Å². The predicted molar refractivity (Wildman–Crippen MR) is 109 cm³/mol. The number of amides is 2. The first-order valence-corrected chi connectivity index (χ1v) is 9.45. The van der Waals surface area contributed by atoms with Crippen molar-refractivity contribution in [2.45, 2.75) is 27.7 Å². The number of aromatic nitrogens is 1. The van der Waals surface area contributed by atoms with E-state index in [4.69, 9.17) is 4.42 Å². The minimum Gasteiger partial charge on any atom is -0.469 e. The molecule has 0 saturated carbocycles. The predicted octanol–water partition coefficient (Wildman–Crippen LogP) is 4.11. The van der Waals surface area contributed by atoms with E-state index in [1.807, 2.05) is 32.0 Å². The Morgan fingerprint density at radius 1 is 1.21 bits per heavy atom. The van der Waals surface area contributed by atoms with E-state index in [0.717, 1.165) is 16.8 Å². The lowest BCUT2D eigenvalue weighted by atomic mass is 10.1. The van der Waals surface area contributed by atoms with Crippen LogP contribution in [0.4, 0.5) is 10.8 Å². The fourth-order valence-electron chi connectivity index (χ4n) is 2.57. The summed E-state index contributed by atoms with van der Waals surface area (Å²) in [7, 11) is 0. The quantitative estimate of drug-likeness (QED) is 0.519. The molecule has 0 unspecified atom stereocenters. The highest BCUT2D eigenvalue weighted by molar-refractivity contribution is 7.14. The van der Waals surface area contributed by atoms with Gasteiger partial charge in [-0.25, -0.2) is 10.4 Å². The monoisotopic (exact) mass is 396 g/mol. The number of hydrogen-bond donors (Lipinski definition) is 1. The first-order chi connectivity index (χ1) is 13.4. The van der Waals surface area contributed by atoms with Crippen molar-refractivity contribution < 1.29 is 14.0 Å². The fraction of sp³-hybridized carbons (Fsp3) is 0.200. The highest BCUT2D eigenvalue weighted by Crippen LogP contribution is 2.29. The van der Waals surface area contributed by atoms with Gasteiger partial charge >= 0.3 is 0 Å². The van der Waals surface area contributed by atoms with Crippen LogP contribution < -0.4 is 10.3 Å². The zero-order valence-electron chi connectivity index (χ0n) is 16.0. The van der Waals surface area contributed by atoms with Crippen molar-refractivity contribution in [3.8, 4) is 0 Å². The van der Waals surface area contributed by atoms with Crippen LogP contribution in [0.5, 0.6) is 0 Å². The van der Waals surface area contributed by atoms with E-state index < -0.39 is 0 Å². The summed E-state index contributed by atoms with van der Waals surface area (Å²) in [5.41, 5.74) is 6.41. The number of hydrogen-bond acceptors (Lipinski definition) is 6. The number of furan rings is 1. The Bertz CT molecular complexity index is 1050. The summed E-state index contributed by atoms with van der Waals surface area (Å²) in [4.78, 5) is 30.2. The zero-order valence-corrected chi connectivity index (χ0v) is 16.8. The minimum absolute atomic E-state index is 0.134. The van der Waals surface area contributed by atoms with Crippen molar-refractivity contribution in [1.82, 2.24) is 10.4 Å². The fourth-order valence-corrected chi connectivity index (χ4v) is 3.40. The first kappa shape index (κ1) is 19.5. The van der Waals surface area contributed by atoms with Gasteiger partial charge in [-0.1, -0.05) is 6.07 Å². The average Bonchev–Trinajstić information content (AvgIpc) is 3.27. The first-order valence-electron chi connectivity index (χ1n) is 8.58. The molecule has 0 atom stereocenters. The van der Waals surface area contributed by atoms with Crippen molar-refractivity contribution in [3.05, 3.63) is 64.1 Å². The second-order valence-corrected chi connectivity index (χ2v) is 7.10. The Kier molecular flexibility index (Phi) is 5.70. The SMILES string of the molecule is CC(=O)N(c1ccc(C)c(C)c1)c1nc(/C=N\NC(=O)c2ccoc2C)cs1. The minimum atomic E-state index is -0.363. The molecule has 1 aromatic carbocycles. The molecule has 2 amide bonds. The van der Waals surface area contributed by atoms with Gasteiger partial charge in [-0.2, -0.15) is 5.10 Å². The number of anilines is 2. The topological polar surface area (TPSA) is 87.8 Å². The van der Waals surface area contributed by atoms with E-state index in [2.05, 4.69) is 15.5 Å². The molecule has 28 heavy (non-hydrogen) atoms. The largest absolute Gasteiger partial charge is 0.469 e. The van der Waals surface area contributed by atoms with E-state index in [1.165, 1.54) is 30.7 Å². The van der Waals surface area contributed by atoms with Crippen LogP contribution in [0.1, 0.15) is 39.9 Å². The summed E-state index contributed by atoms with van der Waals surface area (Å²) < 4.78 is 5.10. The van der Waals surface area contributed by atoms with Crippen molar-refractivity contribution in [2.75, 3.05) is 4.90 Å². The van der Waals surface area contributed by atoms with Crippen LogP contribution in [-0.4, -0.2) is 23.0 Å². The molecule has 0 spiro atoms. The van der Waals surface area contributed by atoms with Gasteiger partial charge in [0.05, 0.1) is 29.4 Å². The Morgan fingerprint density at radius 2 is 2.00 bits per heavy atom. The zero-order chi connectivity index (χ0) is 20.3. The average molecular weight is 396 g/mol.